The highest BCUT2D eigenvalue weighted by molar-refractivity contribution is 7.15. The van der Waals surface area contributed by atoms with E-state index in [1.807, 2.05) is 0 Å². The van der Waals surface area contributed by atoms with E-state index < -0.39 is 0 Å². The van der Waals surface area contributed by atoms with Crippen LogP contribution >= 0.6 is 22.9 Å². The summed E-state index contributed by atoms with van der Waals surface area (Å²) in [5.74, 6) is 0.175. The molecule has 0 radical (unpaired) electrons. The standard InChI is InChI=1S/C17H13ClFNS/c1-11-2-4-12(5-3-11)16-15(10-18)21-17(20-16)13-6-8-14(19)9-7-13/h2-9H,10H2,1H3. The molecule has 0 saturated heterocycles. The Morgan fingerprint density at radius 1 is 1.00 bits per heavy atom. The first-order valence-corrected chi connectivity index (χ1v) is 7.91. The van der Waals surface area contributed by atoms with E-state index >= 15 is 0 Å². The molecule has 3 aromatic rings. The maximum Gasteiger partial charge on any atom is 0.124 e. The van der Waals surface area contributed by atoms with Crippen LogP contribution in [0.25, 0.3) is 21.8 Å². The van der Waals surface area contributed by atoms with Gasteiger partial charge in [-0.3, -0.25) is 0 Å². The zero-order valence-electron chi connectivity index (χ0n) is 11.4. The molecule has 21 heavy (non-hydrogen) atoms. The van der Waals surface area contributed by atoms with Gasteiger partial charge in [0.15, 0.2) is 0 Å². The molecule has 0 bridgehead atoms. The number of nitrogens with zero attached hydrogens (tertiary/aromatic N) is 1. The summed E-state index contributed by atoms with van der Waals surface area (Å²) in [5, 5.41) is 0.862. The summed E-state index contributed by atoms with van der Waals surface area (Å²) in [6.45, 7) is 2.05. The fraction of sp³-hybridized carbons (Fsp3) is 0.118. The second-order valence-electron chi connectivity index (χ2n) is 4.80. The van der Waals surface area contributed by atoms with E-state index in [1.54, 1.807) is 23.5 Å². The molecule has 1 heterocycles. The van der Waals surface area contributed by atoms with Crippen LogP contribution in [0.1, 0.15) is 10.4 Å². The fourth-order valence-electron chi connectivity index (χ4n) is 2.10. The van der Waals surface area contributed by atoms with Crippen LogP contribution in [-0.4, -0.2) is 4.98 Å². The van der Waals surface area contributed by atoms with Gasteiger partial charge >= 0.3 is 0 Å². The normalized spacial score (nSPS) is 10.8. The number of benzene rings is 2. The summed E-state index contributed by atoms with van der Waals surface area (Å²) in [6, 6.07) is 14.6. The van der Waals surface area contributed by atoms with Gasteiger partial charge in [-0.1, -0.05) is 29.8 Å². The third-order valence-electron chi connectivity index (χ3n) is 3.23. The number of hydrogen-bond acceptors (Lipinski definition) is 2. The monoisotopic (exact) mass is 317 g/mol. The third kappa shape index (κ3) is 2.99. The molecule has 0 unspecified atom stereocenters. The molecule has 0 aliphatic heterocycles. The lowest BCUT2D eigenvalue weighted by Gasteiger charge is -2.00. The first kappa shape index (κ1) is 14.2. The van der Waals surface area contributed by atoms with E-state index in [0.29, 0.717) is 5.88 Å². The Bertz CT molecular complexity index is 747. The predicted molar refractivity (Wildman–Crippen MR) is 87.2 cm³/mol. The number of thiazole rings is 1. The maximum atomic E-state index is 13.0. The lowest BCUT2D eigenvalue weighted by Crippen LogP contribution is -1.83. The van der Waals surface area contributed by atoms with Gasteiger partial charge < -0.3 is 0 Å². The number of rotatable bonds is 3. The summed E-state index contributed by atoms with van der Waals surface area (Å²) >= 11 is 7.60. The van der Waals surface area contributed by atoms with E-state index in [-0.39, 0.29) is 5.82 Å². The van der Waals surface area contributed by atoms with Crippen molar-refractivity contribution < 1.29 is 4.39 Å². The average molecular weight is 318 g/mol. The van der Waals surface area contributed by atoms with Crippen molar-refractivity contribution in [1.82, 2.24) is 4.98 Å². The fourth-order valence-corrected chi connectivity index (χ4v) is 3.32. The van der Waals surface area contributed by atoms with Crippen LogP contribution in [-0.2, 0) is 5.88 Å². The molecule has 4 heteroatoms. The smallest absolute Gasteiger partial charge is 0.124 e. The van der Waals surface area contributed by atoms with Gasteiger partial charge in [-0.15, -0.1) is 22.9 Å². The van der Waals surface area contributed by atoms with Crippen molar-refractivity contribution >= 4 is 22.9 Å². The molecule has 0 saturated carbocycles. The molecule has 0 aliphatic carbocycles. The highest BCUT2D eigenvalue weighted by Crippen LogP contribution is 2.34. The second-order valence-corrected chi connectivity index (χ2v) is 6.15. The highest BCUT2D eigenvalue weighted by atomic mass is 35.5. The van der Waals surface area contributed by atoms with Crippen LogP contribution in [0.4, 0.5) is 4.39 Å². The van der Waals surface area contributed by atoms with Gasteiger partial charge in [-0.25, -0.2) is 9.37 Å². The van der Waals surface area contributed by atoms with Crippen LogP contribution in [0.15, 0.2) is 48.5 Å². The molecule has 3 rings (SSSR count). The molecule has 0 fully saturated rings. The molecule has 0 spiro atoms. The predicted octanol–water partition coefficient (Wildman–Crippen LogP) is 5.66. The molecular formula is C17H13ClFNS. The van der Waals surface area contributed by atoms with Crippen molar-refractivity contribution in [2.45, 2.75) is 12.8 Å². The van der Waals surface area contributed by atoms with Crippen molar-refractivity contribution in [3.05, 3.63) is 64.8 Å². The van der Waals surface area contributed by atoms with Crippen LogP contribution in [0.3, 0.4) is 0 Å². The third-order valence-corrected chi connectivity index (χ3v) is 4.77. The summed E-state index contributed by atoms with van der Waals surface area (Å²) in [4.78, 5) is 5.72. The van der Waals surface area contributed by atoms with Crippen molar-refractivity contribution in [2.75, 3.05) is 0 Å². The van der Waals surface area contributed by atoms with E-state index in [9.17, 15) is 4.39 Å². The first-order valence-electron chi connectivity index (χ1n) is 6.56. The van der Waals surface area contributed by atoms with Gasteiger partial charge in [0, 0.05) is 16.0 Å². The van der Waals surface area contributed by atoms with Gasteiger partial charge in [0.1, 0.15) is 10.8 Å². The molecule has 0 aliphatic rings. The number of hydrogen-bond donors (Lipinski definition) is 0. The molecule has 0 N–H and O–H groups in total. The molecular weight excluding hydrogens is 305 g/mol. The van der Waals surface area contributed by atoms with Crippen molar-refractivity contribution in [3.8, 4) is 21.8 Å². The van der Waals surface area contributed by atoms with Crippen molar-refractivity contribution in [2.24, 2.45) is 0 Å². The van der Waals surface area contributed by atoms with E-state index in [0.717, 1.165) is 26.7 Å². The van der Waals surface area contributed by atoms with Gasteiger partial charge in [-0.2, -0.15) is 0 Å². The van der Waals surface area contributed by atoms with Gasteiger partial charge in [-0.05, 0) is 31.2 Å². The molecule has 106 valence electrons. The molecule has 2 aromatic carbocycles. The largest absolute Gasteiger partial charge is 0.236 e. The Hall–Kier alpha value is -1.71. The van der Waals surface area contributed by atoms with Gasteiger partial charge in [0.25, 0.3) is 0 Å². The Morgan fingerprint density at radius 3 is 2.24 bits per heavy atom. The zero-order chi connectivity index (χ0) is 14.8. The Labute approximate surface area is 132 Å². The number of alkyl halides is 1. The highest BCUT2D eigenvalue weighted by Gasteiger charge is 2.13. The molecule has 0 atom stereocenters. The maximum absolute atomic E-state index is 13.0. The van der Waals surface area contributed by atoms with E-state index in [2.05, 4.69) is 31.2 Å². The molecule has 1 aromatic heterocycles. The summed E-state index contributed by atoms with van der Waals surface area (Å²) in [6.07, 6.45) is 0. The minimum Gasteiger partial charge on any atom is -0.236 e. The van der Waals surface area contributed by atoms with Crippen LogP contribution in [0.5, 0.6) is 0 Å². The summed E-state index contributed by atoms with van der Waals surface area (Å²) in [5.41, 5.74) is 4.08. The quantitative estimate of drug-likeness (QED) is 0.568. The Balaban J connectivity index is 2.05. The van der Waals surface area contributed by atoms with Crippen molar-refractivity contribution in [3.63, 3.8) is 0 Å². The number of aromatic nitrogens is 1. The Kier molecular flexibility index (Phi) is 4.04. The number of aryl methyl sites for hydroxylation is 1. The van der Waals surface area contributed by atoms with Crippen LogP contribution < -0.4 is 0 Å². The van der Waals surface area contributed by atoms with E-state index in [1.165, 1.54) is 17.7 Å². The van der Waals surface area contributed by atoms with Crippen LogP contribution in [0.2, 0.25) is 0 Å². The SMILES string of the molecule is Cc1ccc(-c2nc(-c3ccc(F)cc3)sc2CCl)cc1. The zero-order valence-corrected chi connectivity index (χ0v) is 13.0. The second kappa shape index (κ2) is 5.96. The lowest BCUT2D eigenvalue weighted by molar-refractivity contribution is 0.628. The number of halogens is 2. The molecule has 1 nitrogen and oxygen atoms in total. The minimum absolute atomic E-state index is 0.244. The molecule has 0 amide bonds. The summed E-state index contributed by atoms with van der Waals surface area (Å²) < 4.78 is 13.0. The minimum atomic E-state index is -0.244. The van der Waals surface area contributed by atoms with E-state index in [4.69, 9.17) is 16.6 Å². The van der Waals surface area contributed by atoms with Crippen LogP contribution in [0, 0.1) is 12.7 Å². The first-order chi connectivity index (χ1) is 10.2. The van der Waals surface area contributed by atoms with Crippen molar-refractivity contribution in [1.29, 1.82) is 0 Å². The lowest BCUT2D eigenvalue weighted by atomic mass is 10.1. The summed E-state index contributed by atoms with van der Waals surface area (Å²) in [7, 11) is 0. The Morgan fingerprint density at radius 2 is 1.62 bits per heavy atom. The topological polar surface area (TPSA) is 12.9 Å². The van der Waals surface area contributed by atoms with Gasteiger partial charge in [0.05, 0.1) is 11.6 Å². The van der Waals surface area contributed by atoms with Gasteiger partial charge in [0.2, 0.25) is 0 Å². The average Bonchev–Trinajstić information content (AvgIpc) is 2.93.